The minimum absolute atomic E-state index is 0. The normalized spacial score (nSPS) is 9.43. The first-order chi connectivity index (χ1) is 9.56. The molecule has 2 rings (SSSR count). The van der Waals surface area contributed by atoms with E-state index in [0.717, 1.165) is 16.8 Å². The number of guanidine groups is 1. The predicted octanol–water partition coefficient (Wildman–Crippen LogP) is 2.75. The first kappa shape index (κ1) is 16.7. The van der Waals surface area contributed by atoms with E-state index in [-0.39, 0.29) is 18.4 Å². The summed E-state index contributed by atoms with van der Waals surface area (Å²) in [5.74, 6) is -0.0540. The van der Waals surface area contributed by atoms with Crippen molar-refractivity contribution < 1.29 is 0 Å². The van der Waals surface area contributed by atoms with Crippen LogP contribution >= 0.6 is 12.4 Å². The average molecular weight is 303 g/mol. The van der Waals surface area contributed by atoms with E-state index in [1.165, 1.54) is 11.1 Å². The summed E-state index contributed by atoms with van der Waals surface area (Å²) in [6.45, 7) is 4.09. The second kappa shape index (κ2) is 7.45. The molecule has 0 radical (unpaired) electrons. The number of aryl methyl sites for hydroxylation is 2. The highest BCUT2D eigenvalue weighted by atomic mass is 35.5. The van der Waals surface area contributed by atoms with Crippen LogP contribution in [0.1, 0.15) is 22.3 Å². The van der Waals surface area contributed by atoms with Gasteiger partial charge in [-0.3, -0.25) is 0 Å². The summed E-state index contributed by atoms with van der Waals surface area (Å²) < 4.78 is 0. The van der Waals surface area contributed by atoms with Crippen LogP contribution in [0.5, 0.6) is 0 Å². The second-order valence-corrected chi connectivity index (χ2v) is 4.71. The van der Waals surface area contributed by atoms with Crippen molar-refractivity contribution in [1.29, 1.82) is 0 Å². The zero-order valence-corrected chi connectivity index (χ0v) is 12.9. The van der Waals surface area contributed by atoms with E-state index in [9.17, 15) is 0 Å². The van der Waals surface area contributed by atoms with Gasteiger partial charge in [-0.1, -0.05) is 59.7 Å². The largest absolute Gasteiger partial charge is 0.369 e. The fourth-order valence-electron chi connectivity index (χ4n) is 1.81. The third-order valence-corrected chi connectivity index (χ3v) is 2.92. The van der Waals surface area contributed by atoms with Gasteiger partial charge in [-0.25, -0.2) is 0 Å². The Balaban J connectivity index is 0.00000220. The van der Waals surface area contributed by atoms with E-state index >= 15 is 0 Å². The van der Waals surface area contributed by atoms with Gasteiger partial charge in [0, 0.05) is 11.1 Å². The first-order valence-corrected chi connectivity index (χ1v) is 6.37. The summed E-state index contributed by atoms with van der Waals surface area (Å²) in [6.07, 6.45) is 0. The number of nitrogens with zero attached hydrogens (tertiary/aromatic N) is 2. The van der Waals surface area contributed by atoms with Gasteiger partial charge in [-0.2, -0.15) is 0 Å². The second-order valence-electron chi connectivity index (χ2n) is 4.71. The van der Waals surface area contributed by atoms with Gasteiger partial charge in [0.2, 0.25) is 5.96 Å². The molecule has 0 aliphatic carbocycles. The molecule has 2 aromatic carbocycles. The molecular formula is C16H19ClN4. The van der Waals surface area contributed by atoms with Gasteiger partial charge < -0.3 is 11.5 Å². The number of hydrogen-bond acceptors (Lipinski definition) is 2. The highest BCUT2D eigenvalue weighted by Gasteiger charge is 2.07. The summed E-state index contributed by atoms with van der Waals surface area (Å²) in [6, 6.07) is 16.2. The van der Waals surface area contributed by atoms with Crippen molar-refractivity contribution in [3.8, 4) is 0 Å². The summed E-state index contributed by atoms with van der Waals surface area (Å²) in [7, 11) is 0. The van der Waals surface area contributed by atoms with Crippen LogP contribution in [0.3, 0.4) is 0 Å². The molecule has 2 aromatic rings. The van der Waals surface area contributed by atoms with Gasteiger partial charge >= 0.3 is 0 Å². The fourth-order valence-corrected chi connectivity index (χ4v) is 1.81. The van der Waals surface area contributed by atoms with Gasteiger partial charge in [0.25, 0.3) is 0 Å². The molecule has 4 N–H and O–H groups in total. The lowest BCUT2D eigenvalue weighted by Gasteiger charge is -2.06. The Kier molecular flexibility index (Phi) is 5.93. The van der Waals surface area contributed by atoms with Gasteiger partial charge in [0.15, 0.2) is 0 Å². The molecule has 0 saturated heterocycles. The molecular weight excluding hydrogens is 284 g/mol. The van der Waals surface area contributed by atoms with Crippen molar-refractivity contribution in [3.63, 3.8) is 0 Å². The molecule has 5 heteroatoms. The van der Waals surface area contributed by atoms with Crippen LogP contribution in [0, 0.1) is 13.8 Å². The molecule has 0 spiro atoms. The number of benzene rings is 2. The van der Waals surface area contributed by atoms with Crippen LogP contribution in [-0.2, 0) is 0 Å². The fraction of sp³-hybridized carbons (Fsp3) is 0.125. The monoisotopic (exact) mass is 302 g/mol. The molecule has 0 atom stereocenters. The topological polar surface area (TPSA) is 76.8 Å². The zero-order valence-electron chi connectivity index (χ0n) is 12.1. The molecule has 0 amide bonds. The number of halogens is 1. The Hall–Kier alpha value is -2.33. The van der Waals surface area contributed by atoms with Crippen molar-refractivity contribution in [2.75, 3.05) is 0 Å². The lowest BCUT2D eigenvalue weighted by molar-refractivity contribution is 1.20. The summed E-state index contributed by atoms with van der Waals surface area (Å²) in [5, 5.41) is 7.96. The molecule has 0 bridgehead atoms. The van der Waals surface area contributed by atoms with E-state index in [1.54, 1.807) is 0 Å². The van der Waals surface area contributed by atoms with Crippen molar-refractivity contribution in [1.82, 2.24) is 0 Å². The number of rotatable bonds is 3. The molecule has 110 valence electrons. The standard InChI is InChI=1S/C16H18N4.ClH/c1-11-3-7-13(8-4-11)15(19-20-16(17)18)14-9-5-12(2)6-10-14;/h3-10H,1-2H3,(H4,17,18,20);1H. The van der Waals surface area contributed by atoms with Crippen LogP contribution in [0.4, 0.5) is 0 Å². The Bertz CT molecular complexity index is 591. The van der Waals surface area contributed by atoms with E-state index in [2.05, 4.69) is 10.2 Å². The third kappa shape index (κ3) is 4.61. The van der Waals surface area contributed by atoms with Crippen molar-refractivity contribution in [2.45, 2.75) is 13.8 Å². The first-order valence-electron chi connectivity index (χ1n) is 6.37. The maximum Gasteiger partial charge on any atom is 0.211 e. The molecule has 0 aliphatic heterocycles. The van der Waals surface area contributed by atoms with Gasteiger partial charge in [-0.15, -0.1) is 22.6 Å². The molecule has 0 aromatic heterocycles. The predicted molar refractivity (Wildman–Crippen MR) is 91.1 cm³/mol. The maximum absolute atomic E-state index is 5.37. The van der Waals surface area contributed by atoms with E-state index < -0.39 is 0 Å². The van der Waals surface area contributed by atoms with Crippen LogP contribution < -0.4 is 11.5 Å². The summed E-state index contributed by atoms with van der Waals surface area (Å²) >= 11 is 0. The maximum atomic E-state index is 5.37. The minimum Gasteiger partial charge on any atom is -0.369 e. The Morgan fingerprint density at radius 3 is 1.43 bits per heavy atom. The molecule has 0 fully saturated rings. The lowest BCUT2D eigenvalue weighted by atomic mass is 10.0. The van der Waals surface area contributed by atoms with Crippen LogP contribution in [0.25, 0.3) is 0 Å². The summed E-state index contributed by atoms with van der Waals surface area (Å²) in [4.78, 5) is 0. The number of hydrogen-bond donors (Lipinski definition) is 2. The number of nitrogens with two attached hydrogens (primary N) is 2. The smallest absolute Gasteiger partial charge is 0.211 e. The third-order valence-electron chi connectivity index (χ3n) is 2.92. The Labute approximate surface area is 131 Å². The van der Waals surface area contributed by atoms with Crippen LogP contribution in [0.2, 0.25) is 0 Å². The summed E-state index contributed by atoms with van der Waals surface area (Å²) in [5.41, 5.74) is 15.8. The Morgan fingerprint density at radius 2 is 1.10 bits per heavy atom. The molecule has 21 heavy (non-hydrogen) atoms. The van der Waals surface area contributed by atoms with Gasteiger partial charge in [-0.05, 0) is 13.8 Å². The molecule has 0 aliphatic rings. The van der Waals surface area contributed by atoms with E-state index in [1.807, 2.05) is 62.4 Å². The SMILES string of the molecule is Cc1ccc(C(=NN=C(N)N)c2ccc(C)cc2)cc1.Cl. The van der Waals surface area contributed by atoms with Crippen molar-refractivity contribution in [3.05, 3.63) is 70.8 Å². The van der Waals surface area contributed by atoms with Crippen LogP contribution in [0.15, 0.2) is 58.7 Å². The van der Waals surface area contributed by atoms with Gasteiger partial charge in [0.1, 0.15) is 5.71 Å². The Morgan fingerprint density at radius 1 is 0.714 bits per heavy atom. The van der Waals surface area contributed by atoms with Crippen molar-refractivity contribution >= 4 is 24.1 Å². The molecule has 0 saturated carbocycles. The minimum atomic E-state index is -0.0540. The highest BCUT2D eigenvalue weighted by Crippen LogP contribution is 2.13. The molecule has 0 heterocycles. The van der Waals surface area contributed by atoms with E-state index in [4.69, 9.17) is 11.5 Å². The lowest BCUT2D eigenvalue weighted by Crippen LogP contribution is -2.22. The van der Waals surface area contributed by atoms with E-state index in [0.29, 0.717) is 0 Å². The van der Waals surface area contributed by atoms with Crippen LogP contribution in [-0.4, -0.2) is 11.7 Å². The quantitative estimate of drug-likeness (QED) is 0.519. The van der Waals surface area contributed by atoms with Crippen molar-refractivity contribution in [2.24, 2.45) is 21.7 Å². The zero-order chi connectivity index (χ0) is 14.5. The molecule has 4 nitrogen and oxygen atoms in total. The van der Waals surface area contributed by atoms with Gasteiger partial charge in [0.05, 0.1) is 0 Å². The average Bonchev–Trinajstić information content (AvgIpc) is 2.42. The molecule has 0 unspecified atom stereocenters. The highest BCUT2D eigenvalue weighted by molar-refractivity contribution is 6.13.